The number of rotatable bonds is 4. The molecule has 3 nitrogen and oxygen atoms in total. The molecular formula is C14H26N2O. The molecule has 2 fully saturated rings. The van der Waals surface area contributed by atoms with Gasteiger partial charge >= 0.3 is 0 Å². The Bertz CT molecular complexity index is 273. The van der Waals surface area contributed by atoms with Crippen LogP contribution in [0.2, 0.25) is 0 Å². The lowest BCUT2D eigenvalue weighted by atomic mass is 9.91. The van der Waals surface area contributed by atoms with Crippen molar-refractivity contribution in [3.05, 3.63) is 0 Å². The predicted octanol–water partition coefficient (Wildman–Crippen LogP) is 2.02. The summed E-state index contributed by atoms with van der Waals surface area (Å²) in [6.45, 7) is 8.13. The molecule has 1 aliphatic carbocycles. The van der Waals surface area contributed by atoms with E-state index >= 15 is 0 Å². The molecule has 1 saturated heterocycles. The maximum absolute atomic E-state index is 12.1. The summed E-state index contributed by atoms with van der Waals surface area (Å²) in [5.41, 5.74) is 0. The second-order valence-corrected chi connectivity index (χ2v) is 6.05. The second kappa shape index (κ2) is 5.38. The lowest BCUT2D eigenvalue weighted by Crippen LogP contribution is -2.52. The molecule has 1 heterocycles. The molecule has 98 valence electrons. The highest BCUT2D eigenvalue weighted by Gasteiger charge is 2.33. The first-order valence-electron chi connectivity index (χ1n) is 7.15. The number of carbonyl (C=O) groups excluding carboxylic acids is 1. The van der Waals surface area contributed by atoms with Crippen molar-refractivity contribution in [3.63, 3.8) is 0 Å². The van der Waals surface area contributed by atoms with Crippen LogP contribution in [0.5, 0.6) is 0 Å². The van der Waals surface area contributed by atoms with E-state index in [0.29, 0.717) is 17.9 Å². The normalized spacial score (nSPS) is 29.8. The summed E-state index contributed by atoms with van der Waals surface area (Å²) in [4.78, 5) is 14.2. The first kappa shape index (κ1) is 12.9. The fourth-order valence-corrected chi connectivity index (χ4v) is 2.75. The van der Waals surface area contributed by atoms with Crippen molar-refractivity contribution >= 4 is 5.91 Å². The number of hydrogen-bond donors (Lipinski definition) is 1. The summed E-state index contributed by atoms with van der Waals surface area (Å²) in [5.74, 6) is 1.14. The van der Waals surface area contributed by atoms with Crippen molar-refractivity contribution < 1.29 is 4.79 Å². The van der Waals surface area contributed by atoms with E-state index in [1.165, 1.54) is 25.7 Å². The summed E-state index contributed by atoms with van der Waals surface area (Å²) >= 11 is 0. The summed E-state index contributed by atoms with van der Waals surface area (Å²) in [5, 5.41) is 3.69. The van der Waals surface area contributed by atoms with Gasteiger partial charge in [-0.25, -0.2) is 0 Å². The third kappa shape index (κ3) is 3.44. The number of amides is 1. The summed E-state index contributed by atoms with van der Waals surface area (Å²) in [6.07, 6.45) is 5.08. The standard InChI is InChI=1S/C14H26N2O/c1-4-11-7-13(15-12-5-6-12)9-16(8-11)14(17)10(2)3/h10-13,15H,4-9H2,1-3H3. The fourth-order valence-electron chi connectivity index (χ4n) is 2.75. The quantitative estimate of drug-likeness (QED) is 0.812. The SMILES string of the molecule is CCC1CC(NC2CC2)CN(C(=O)C(C)C)C1. The molecule has 0 aromatic heterocycles. The van der Waals surface area contributed by atoms with Crippen molar-refractivity contribution in [2.45, 2.75) is 58.5 Å². The topological polar surface area (TPSA) is 32.3 Å². The number of likely N-dealkylation sites (tertiary alicyclic amines) is 1. The van der Waals surface area contributed by atoms with Crippen LogP contribution in [-0.2, 0) is 4.79 Å². The Morgan fingerprint density at radius 2 is 2.00 bits per heavy atom. The highest BCUT2D eigenvalue weighted by atomic mass is 16.2. The number of carbonyl (C=O) groups is 1. The molecule has 1 amide bonds. The molecule has 0 spiro atoms. The zero-order valence-electron chi connectivity index (χ0n) is 11.4. The van der Waals surface area contributed by atoms with Gasteiger partial charge in [-0.05, 0) is 25.2 Å². The third-order valence-electron chi connectivity index (χ3n) is 3.97. The van der Waals surface area contributed by atoms with Crippen molar-refractivity contribution in [2.24, 2.45) is 11.8 Å². The van der Waals surface area contributed by atoms with Crippen LogP contribution < -0.4 is 5.32 Å². The smallest absolute Gasteiger partial charge is 0.225 e. The minimum atomic E-state index is 0.132. The zero-order chi connectivity index (χ0) is 12.4. The highest BCUT2D eigenvalue weighted by Crippen LogP contribution is 2.25. The number of nitrogens with zero attached hydrogens (tertiary/aromatic N) is 1. The molecule has 0 aromatic carbocycles. The Hall–Kier alpha value is -0.570. The van der Waals surface area contributed by atoms with Gasteiger partial charge in [-0.2, -0.15) is 0 Å². The van der Waals surface area contributed by atoms with E-state index in [1.807, 2.05) is 13.8 Å². The molecule has 0 radical (unpaired) electrons. The highest BCUT2D eigenvalue weighted by molar-refractivity contribution is 5.78. The van der Waals surface area contributed by atoms with E-state index in [1.54, 1.807) is 0 Å². The van der Waals surface area contributed by atoms with Crippen molar-refractivity contribution in [3.8, 4) is 0 Å². The largest absolute Gasteiger partial charge is 0.341 e. The van der Waals surface area contributed by atoms with Gasteiger partial charge in [0.1, 0.15) is 0 Å². The molecule has 0 aromatic rings. The molecule has 2 atom stereocenters. The van der Waals surface area contributed by atoms with Crippen LogP contribution >= 0.6 is 0 Å². The summed E-state index contributed by atoms with van der Waals surface area (Å²) in [7, 11) is 0. The molecule has 2 aliphatic rings. The summed E-state index contributed by atoms with van der Waals surface area (Å²) < 4.78 is 0. The molecule has 1 saturated carbocycles. The Morgan fingerprint density at radius 1 is 1.29 bits per heavy atom. The van der Waals surface area contributed by atoms with Gasteiger partial charge in [-0.3, -0.25) is 4.79 Å². The molecule has 1 aliphatic heterocycles. The minimum absolute atomic E-state index is 0.132. The van der Waals surface area contributed by atoms with Gasteiger partial charge in [0.05, 0.1) is 0 Å². The Morgan fingerprint density at radius 3 is 2.53 bits per heavy atom. The van der Waals surface area contributed by atoms with Crippen LogP contribution in [0, 0.1) is 11.8 Å². The van der Waals surface area contributed by atoms with Gasteiger partial charge in [0.25, 0.3) is 0 Å². The molecule has 0 bridgehead atoms. The maximum Gasteiger partial charge on any atom is 0.225 e. The minimum Gasteiger partial charge on any atom is -0.341 e. The lowest BCUT2D eigenvalue weighted by Gasteiger charge is -2.39. The molecule has 17 heavy (non-hydrogen) atoms. The maximum atomic E-state index is 12.1. The van der Waals surface area contributed by atoms with E-state index in [9.17, 15) is 4.79 Å². The predicted molar refractivity (Wildman–Crippen MR) is 69.8 cm³/mol. The van der Waals surface area contributed by atoms with Crippen molar-refractivity contribution in [1.82, 2.24) is 10.2 Å². The molecule has 3 heteroatoms. The Balaban J connectivity index is 1.93. The average molecular weight is 238 g/mol. The number of hydrogen-bond acceptors (Lipinski definition) is 2. The monoisotopic (exact) mass is 238 g/mol. The van der Waals surface area contributed by atoms with E-state index in [0.717, 1.165) is 19.1 Å². The van der Waals surface area contributed by atoms with Gasteiger partial charge in [-0.1, -0.05) is 27.2 Å². The van der Waals surface area contributed by atoms with Crippen LogP contribution in [0.3, 0.4) is 0 Å². The molecule has 2 rings (SSSR count). The van der Waals surface area contributed by atoms with Crippen LogP contribution in [0.15, 0.2) is 0 Å². The van der Waals surface area contributed by atoms with Crippen LogP contribution in [0.1, 0.15) is 46.5 Å². The number of piperidine rings is 1. The average Bonchev–Trinajstić information content (AvgIpc) is 3.11. The van der Waals surface area contributed by atoms with E-state index in [-0.39, 0.29) is 5.92 Å². The summed E-state index contributed by atoms with van der Waals surface area (Å²) in [6, 6.07) is 1.27. The molecule has 1 N–H and O–H groups in total. The molecular weight excluding hydrogens is 212 g/mol. The van der Waals surface area contributed by atoms with Crippen LogP contribution in [0.4, 0.5) is 0 Å². The zero-order valence-corrected chi connectivity index (χ0v) is 11.4. The van der Waals surface area contributed by atoms with E-state index in [4.69, 9.17) is 0 Å². The Kier molecular flexibility index (Phi) is 4.08. The second-order valence-electron chi connectivity index (χ2n) is 6.05. The van der Waals surface area contributed by atoms with Crippen LogP contribution in [-0.4, -0.2) is 36.0 Å². The van der Waals surface area contributed by atoms with Gasteiger partial charge in [0, 0.05) is 31.1 Å². The van der Waals surface area contributed by atoms with Gasteiger partial charge in [0.2, 0.25) is 5.91 Å². The first-order valence-corrected chi connectivity index (χ1v) is 7.15. The first-order chi connectivity index (χ1) is 8.10. The molecule has 2 unspecified atom stereocenters. The third-order valence-corrected chi connectivity index (χ3v) is 3.97. The van der Waals surface area contributed by atoms with Gasteiger partial charge in [-0.15, -0.1) is 0 Å². The van der Waals surface area contributed by atoms with E-state index in [2.05, 4.69) is 17.1 Å². The lowest BCUT2D eigenvalue weighted by molar-refractivity contribution is -0.136. The van der Waals surface area contributed by atoms with E-state index < -0.39 is 0 Å². The Labute approximate surface area is 105 Å². The van der Waals surface area contributed by atoms with Crippen LogP contribution in [0.25, 0.3) is 0 Å². The number of nitrogens with one attached hydrogen (secondary N) is 1. The van der Waals surface area contributed by atoms with Crippen molar-refractivity contribution in [2.75, 3.05) is 13.1 Å². The van der Waals surface area contributed by atoms with Gasteiger partial charge in [0.15, 0.2) is 0 Å². The van der Waals surface area contributed by atoms with Gasteiger partial charge < -0.3 is 10.2 Å². The van der Waals surface area contributed by atoms with Crippen molar-refractivity contribution in [1.29, 1.82) is 0 Å². The fraction of sp³-hybridized carbons (Fsp3) is 0.929.